The molecular weight excluding hydrogens is 321 g/mol. The Morgan fingerprint density at radius 3 is 2.32 bits per heavy atom. The molecular formula is C13H11F3N2O3S. The third kappa shape index (κ3) is 4.35. The first kappa shape index (κ1) is 16.1. The molecule has 9 heteroatoms. The summed E-state index contributed by atoms with van der Waals surface area (Å²) in [6.07, 6.45) is -3.39. The van der Waals surface area contributed by atoms with Crippen molar-refractivity contribution in [2.24, 2.45) is 0 Å². The van der Waals surface area contributed by atoms with Crippen molar-refractivity contribution in [1.82, 2.24) is 4.98 Å². The van der Waals surface area contributed by atoms with E-state index in [1.54, 1.807) is 13.0 Å². The van der Waals surface area contributed by atoms with Crippen LogP contribution < -0.4 is 9.46 Å². The Hall–Kier alpha value is -2.29. The van der Waals surface area contributed by atoms with Crippen LogP contribution in [0.4, 0.5) is 19.0 Å². The molecule has 0 bridgehead atoms. The molecule has 0 fully saturated rings. The van der Waals surface area contributed by atoms with Crippen molar-refractivity contribution in [3.8, 4) is 5.75 Å². The number of benzene rings is 1. The Morgan fingerprint density at radius 1 is 1.14 bits per heavy atom. The molecule has 5 nitrogen and oxygen atoms in total. The van der Waals surface area contributed by atoms with Gasteiger partial charge in [0, 0.05) is 6.20 Å². The van der Waals surface area contributed by atoms with E-state index in [2.05, 4.69) is 14.4 Å². The Labute approximate surface area is 124 Å². The van der Waals surface area contributed by atoms with E-state index in [0.29, 0.717) is 0 Å². The second kappa shape index (κ2) is 5.84. The summed E-state index contributed by atoms with van der Waals surface area (Å²) in [4.78, 5) is 3.65. The molecule has 0 radical (unpaired) electrons. The second-order valence-electron chi connectivity index (χ2n) is 4.34. The molecule has 0 saturated heterocycles. The molecule has 2 rings (SSSR count). The highest BCUT2D eigenvalue weighted by atomic mass is 32.2. The first-order valence-electron chi connectivity index (χ1n) is 5.97. The van der Waals surface area contributed by atoms with Crippen LogP contribution >= 0.6 is 0 Å². The average molecular weight is 332 g/mol. The minimum atomic E-state index is -4.83. The molecule has 118 valence electrons. The molecule has 0 spiro atoms. The zero-order valence-corrected chi connectivity index (χ0v) is 12.1. The van der Waals surface area contributed by atoms with Crippen LogP contribution in [0.25, 0.3) is 0 Å². The standard InChI is InChI=1S/C13H11F3N2O3S/c1-9-6-7-17-12(8-9)18-22(19,20)11-4-2-10(3-5-11)21-13(14,15)16/h2-8H,1H3,(H,17,18). The smallest absolute Gasteiger partial charge is 0.406 e. The quantitative estimate of drug-likeness (QED) is 0.934. The van der Waals surface area contributed by atoms with Gasteiger partial charge in [0.15, 0.2) is 0 Å². The summed E-state index contributed by atoms with van der Waals surface area (Å²) < 4.78 is 66.2. The number of halogens is 3. The Kier molecular flexibility index (Phi) is 4.27. The van der Waals surface area contributed by atoms with Crippen LogP contribution in [0.2, 0.25) is 0 Å². The largest absolute Gasteiger partial charge is 0.573 e. The molecule has 0 unspecified atom stereocenters. The van der Waals surface area contributed by atoms with Crippen molar-refractivity contribution >= 4 is 15.8 Å². The van der Waals surface area contributed by atoms with Gasteiger partial charge in [0.25, 0.3) is 10.0 Å². The van der Waals surface area contributed by atoms with Gasteiger partial charge in [-0.1, -0.05) is 0 Å². The van der Waals surface area contributed by atoms with Gasteiger partial charge >= 0.3 is 6.36 Å². The number of aromatic nitrogens is 1. The van der Waals surface area contributed by atoms with Crippen molar-refractivity contribution in [3.05, 3.63) is 48.2 Å². The topological polar surface area (TPSA) is 68.3 Å². The number of nitrogens with one attached hydrogen (secondary N) is 1. The fraction of sp³-hybridized carbons (Fsp3) is 0.154. The number of nitrogens with zero attached hydrogens (tertiary/aromatic N) is 1. The zero-order valence-electron chi connectivity index (χ0n) is 11.3. The van der Waals surface area contributed by atoms with Crippen molar-refractivity contribution in [2.45, 2.75) is 18.2 Å². The van der Waals surface area contributed by atoms with Gasteiger partial charge in [-0.3, -0.25) is 4.72 Å². The summed E-state index contributed by atoms with van der Waals surface area (Å²) >= 11 is 0. The lowest BCUT2D eigenvalue weighted by molar-refractivity contribution is -0.274. The summed E-state index contributed by atoms with van der Waals surface area (Å²) in [5.74, 6) is -0.379. The molecule has 0 aliphatic heterocycles. The minimum Gasteiger partial charge on any atom is -0.406 e. The molecule has 0 atom stereocenters. The van der Waals surface area contributed by atoms with Crippen LogP contribution in [0.1, 0.15) is 5.56 Å². The van der Waals surface area contributed by atoms with Crippen LogP contribution in [-0.2, 0) is 10.0 Å². The van der Waals surface area contributed by atoms with E-state index < -0.39 is 22.1 Å². The van der Waals surface area contributed by atoms with Gasteiger partial charge in [-0.15, -0.1) is 13.2 Å². The highest BCUT2D eigenvalue weighted by molar-refractivity contribution is 7.92. The Bertz CT molecular complexity index is 759. The maximum atomic E-state index is 12.1. The lowest BCUT2D eigenvalue weighted by Gasteiger charge is -2.10. The van der Waals surface area contributed by atoms with Crippen LogP contribution in [0.3, 0.4) is 0 Å². The van der Waals surface area contributed by atoms with Gasteiger partial charge in [-0.25, -0.2) is 13.4 Å². The number of alkyl halides is 3. The molecule has 22 heavy (non-hydrogen) atoms. The number of hydrogen-bond acceptors (Lipinski definition) is 4. The van der Waals surface area contributed by atoms with Crippen molar-refractivity contribution < 1.29 is 26.3 Å². The lowest BCUT2D eigenvalue weighted by Crippen LogP contribution is -2.17. The van der Waals surface area contributed by atoms with Crippen molar-refractivity contribution in [2.75, 3.05) is 4.72 Å². The first-order chi connectivity index (χ1) is 10.2. The second-order valence-corrected chi connectivity index (χ2v) is 6.03. The fourth-order valence-corrected chi connectivity index (χ4v) is 2.61. The van der Waals surface area contributed by atoms with Crippen LogP contribution in [0.5, 0.6) is 5.75 Å². The van der Waals surface area contributed by atoms with E-state index in [9.17, 15) is 21.6 Å². The third-order valence-electron chi connectivity index (χ3n) is 2.52. The SMILES string of the molecule is Cc1ccnc(NS(=O)(=O)c2ccc(OC(F)(F)F)cc2)c1. The number of sulfonamides is 1. The van der Waals surface area contributed by atoms with Crippen LogP contribution in [0.15, 0.2) is 47.5 Å². The van der Waals surface area contributed by atoms with E-state index in [0.717, 1.165) is 29.8 Å². The zero-order chi connectivity index (χ0) is 16.4. The van der Waals surface area contributed by atoms with E-state index in [-0.39, 0.29) is 10.7 Å². The number of ether oxygens (including phenoxy) is 1. The Morgan fingerprint density at radius 2 is 1.77 bits per heavy atom. The number of hydrogen-bond donors (Lipinski definition) is 1. The van der Waals surface area contributed by atoms with Gasteiger partial charge in [-0.05, 0) is 48.9 Å². The van der Waals surface area contributed by atoms with E-state index >= 15 is 0 Å². The number of anilines is 1. The minimum absolute atomic E-state index is 0.121. The normalized spacial score (nSPS) is 12.0. The number of aryl methyl sites for hydroxylation is 1. The first-order valence-corrected chi connectivity index (χ1v) is 7.45. The summed E-state index contributed by atoms with van der Waals surface area (Å²) in [6, 6.07) is 7.09. The lowest BCUT2D eigenvalue weighted by atomic mass is 10.3. The molecule has 0 aliphatic carbocycles. The summed E-state index contributed by atoms with van der Waals surface area (Å²) in [5.41, 5.74) is 0.807. The highest BCUT2D eigenvalue weighted by Gasteiger charge is 2.31. The summed E-state index contributed by atoms with van der Waals surface area (Å²) in [6.45, 7) is 1.77. The van der Waals surface area contributed by atoms with Crippen molar-refractivity contribution in [3.63, 3.8) is 0 Å². The average Bonchev–Trinajstić information content (AvgIpc) is 2.36. The third-order valence-corrected chi connectivity index (χ3v) is 3.89. The van der Waals surface area contributed by atoms with Gasteiger partial charge in [0.1, 0.15) is 11.6 Å². The molecule has 0 amide bonds. The van der Waals surface area contributed by atoms with Gasteiger partial charge in [0.05, 0.1) is 4.90 Å². The van der Waals surface area contributed by atoms with Crippen molar-refractivity contribution in [1.29, 1.82) is 0 Å². The molecule has 1 heterocycles. The fourth-order valence-electron chi connectivity index (χ4n) is 1.61. The maximum Gasteiger partial charge on any atom is 0.573 e. The van der Waals surface area contributed by atoms with Crippen LogP contribution in [0, 0.1) is 6.92 Å². The van der Waals surface area contributed by atoms with Crippen LogP contribution in [-0.4, -0.2) is 19.8 Å². The molecule has 1 aromatic carbocycles. The molecule has 0 aliphatic rings. The van der Waals surface area contributed by atoms with Gasteiger partial charge in [0.2, 0.25) is 0 Å². The van der Waals surface area contributed by atoms with E-state index in [1.165, 1.54) is 12.3 Å². The molecule has 2 aromatic rings. The number of rotatable bonds is 4. The maximum absolute atomic E-state index is 12.1. The predicted octanol–water partition coefficient (Wildman–Crippen LogP) is 3.09. The molecule has 1 aromatic heterocycles. The van der Waals surface area contributed by atoms with E-state index in [1.807, 2.05) is 0 Å². The summed E-state index contributed by atoms with van der Waals surface area (Å²) in [5, 5.41) is 0. The van der Waals surface area contributed by atoms with Gasteiger partial charge in [-0.2, -0.15) is 0 Å². The molecule has 0 saturated carbocycles. The number of pyridine rings is 1. The monoisotopic (exact) mass is 332 g/mol. The molecule has 1 N–H and O–H groups in total. The summed E-state index contributed by atoms with van der Waals surface area (Å²) in [7, 11) is -3.94. The van der Waals surface area contributed by atoms with E-state index in [4.69, 9.17) is 0 Å². The highest BCUT2D eigenvalue weighted by Crippen LogP contribution is 2.24. The predicted molar refractivity (Wildman–Crippen MR) is 72.9 cm³/mol. The Balaban J connectivity index is 2.19. The van der Waals surface area contributed by atoms with Gasteiger partial charge < -0.3 is 4.74 Å².